The highest BCUT2D eigenvalue weighted by molar-refractivity contribution is 5.40. The lowest BCUT2D eigenvalue weighted by atomic mass is 9.90. The van der Waals surface area contributed by atoms with E-state index in [1.54, 1.807) is 0 Å². The average Bonchev–Trinajstić information content (AvgIpc) is 2.79. The number of nitrogens with one attached hydrogen (secondary N) is 1. The molecule has 1 aliphatic rings. The van der Waals surface area contributed by atoms with Gasteiger partial charge in [-0.1, -0.05) is 44.4 Å². The molecule has 3 nitrogen and oxygen atoms in total. The Morgan fingerprint density at radius 2 is 2.24 bits per heavy atom. The van der Waals surface area contributed by atoms with E-state index < -0.39 is 0 Å². The van der Waals surface area contributed by atoms with Crippen molar-refractivity contribution in [3.63, 3.8) is 0 Å². The topological polar surface area (TPSA) is 47.3 Å². The summed E-state index contributed by atoms with van der Waals surface area (Å²) in [5.41, 5.74) is 4.26. The maximum Gasteiger partial charge on any atom is 0.122 e. The van der Waals surface area contributed by atoms with Gasteiger partial charge in [-0.25, -0.2) is 0 Å². The van der Waals surface area contributed by atoms with Crippen LogP contribution in [-0.4, -0.2) is 12.6 Å². The minimum absolute atomic E-state index is 0.324. The Morgan fingerprint density at radius 3 is 3.00 bits per heavy atom. The summed E-state index contributed by atoms with van der Waals surface area (Å²) in [5.74, 6) is 7.10. The molecule has 1 aromatic rings. The number of fused-ring (bicyclic) bond motifs is 1. The van der Waals surface area contributed by atoms with Gasteiger partial charge in [0.05, 0.1) is 6.61 Å². The minimum Gasteiger partial charge on any atom is -0.493 e. The largest absolute Gasteiger partial charge is 0.493 e. The first-order valence-corrected chi connectivity index (χ1v) is 6.54. The Kier molecular flexibility index (Phi) is 4.40. The van der Waals surface area contributed by atoms with Crippen LogP contribution in [-0.2, 0) is 0 Å². The van der Waals surface area contributed by atoms with E-state index in [1.807, 2.05) is 12.1 Å². The summed E-state index contributed by atoms with van der Waals surface area (Å²) in [6, 6.07) is 8.60. The number of hydrogen-bond donors (Lipinski definition) is 2. The van der Waals surface area contributed by atoms with E-state index >= 15 is 0 Å². The highest BCUT2D eigenvalue weighted by Gasteiger charge is 2.30. The second-order valence-electron chi connectivity index (χ2n) is 4.72. The van der Waals surface area contributed by atoms with Crippen molar-refractivity contribution in [3.05, 3.63) is 29.8 Å². The summed E-state index contributed by atoms with van der Waals surface area (Å²) in [6.07, 6.45) is 4.86. The van der Waals surface area contributed by atoms with Gasteiger partial charge in [0.2, 0.25) is 0 Å². The molecule has 0 amide bonds. The van der Waals surface area contributed by atoms with Gasteiger partial charge in [0, 0.05) is 17.5 Å². The molecule has 0 saturated heterocycles. The second kappa shape index (κ2) is 6.03. The van der Waals surface area contributed by atoms with Gasteiger partial charge in [-0.05, 0) is 12.5 Å². The lowest BCUT2D eigenvalue weighted by molar-refractivity contribution is 0.290. The third kappa shape index (κ3) is 2.79. The summed E-state index contributed by atoms with van der Waals surface area (Å²) in [6.45, 7) is 2.97. The second-order valence-corrected chi connectivity index (χ2v) is 4.72. The number of nitrogens with two attached hydrogens (primary N) is 1. The highest BCUT2D eigenvalue weighted by atomic mass is 16.5. The van der Waals surface area contributed by atoms with Crippen molar-refractivity contribution in [2.45, 2.75) is 44.6 Å². The first-order chi connectivity index (χ1) is 8.36. The van der Waals surface area contributed by atoms with Crippen LogP contribution in [0, 0.1) is 0 Å². The molecular formula is C14H22N2O. The van der Waals surface area contributed by atoms with Gasteiger partial charge in [-0.3, -0.25) is 11.3 Å². The van der Waals surface area contributed by atoms with Crippen molar-refractivity contribution in [2.75, 3.05) is 6.61 Å². The molecule has 94 valence electrons. The number of hydrogen-bond acceptors (Lipinski definition) is 3. The fourth-order valence-corrected chi connectivity index (χ4v) is 2.54. The summed E-state index contributed by atoms with van der Waals surface area (Å²) >= 11 is 0. The zero-order valence-corrected chi connectivity index (χ0v) is 10.5. The van der Waals surface area contributed by atoms with Gasteiger partial charge in [-0.15, -0.1) is 0 Å². The molecule has 3 N–H and O–H groups in total. The first-order valence-electron chi connectivity index (χ1n) is 6.54. The predicted molar refractivity (Wildman–Crippen MR) is 69.9 cm³/mol. The van der Waals surface area contributed by atoms with E-state index in [2.05, 4.69) is 24.5 Å². The zero-order valence-electron chi connectivity index (χ0n) is 10.5. The summed E-state index contributed by atoms with van der Waals surface area (Å²) in [5, 5.41) is 0. The van der Waals surface area contributed by atoms with Crippen molar-refractivity contribution in [1.82, 2.24) is 5.43 Å². The first kappa shape index (κ1) is 12.4. The SMILES string of the molecule is CCCCCC(NN)C1COc2ccccc21. The van der Waals surface area contributed by atoms with E-state index in [0.29, 0.717) is 12.0 Å². The summed E-state index contributed by atoms with van der Waals surface area (Å²) in [4.78, 5) is 0. The Morgan fingerprint density at radius 1 is 1.41 bits per heavy atom. The standard InChI is InChI=1S/C14H22N2O/c1-2-3-4-8-13(16-15)12-10-17-14-9-6-5-7-11(12)14/h5-7,9,12-13,16H,2-4,8,10,15H2,1H3. The van der Waals surface area contributed by atoms with Crippen LogP contribution in [0.3, 0.4) is 0 Å². The number of ether oxygens (including phenoxy) is 1. The van der Waals surface area contributed by atoms with E-state index in [-0.39, 0.29) is 0 Å². The molecule has 0 bridgehead atoms. The molecule has 3 heteroatoms. The van der Waals surface area contributed by atoms with Crippen LogP contribution in [0.1, 0.15) is 44.1 Å². The zero-order chi connectivity index (χ0) is 12.1. The molecule has 17 heavy (non-hydrogen) atoms. The number of benzene rings is 1. The number of hydrazine groups is 1. The molecule has 1 heterocycles. The quantitative estimate of drug-likeness (QED) is 0.452. The van der Waals surface area contributed by atoms with Crippen LogP contribution in [0.5, 0.6) is 5.75 Å². The fourth-order valence-electron chi connectivity index (χ4n) is 2.54. The molecule has 0 radical (unpaired) electrons. The third-order valence-electron chi connectivity index (χ3n) is 3.56. The predicted octanol–water partition coefficient (Wildman–Crippen LogP) is 2.57. The van der Waals surface area contributed by atoms with Crippen LogP contribution in [0.2, 0.25) is 0 Å². The van der Waals surface area contributed by atoms with E-state index in [1.165, 1.54) is 24.8 Å². The highest BCUT2D eigenvalue weighted by Crippen LogP contribution is 2.36. The normalized spacial score (nSPS) is 19.8. The maximum atomic E-state index is 5.70. The van der Waals surface area contributed by atoms with Crippen molar-refractivity contribution in [3.8, 4) is 5.75 Å². The van der Waals surface area contributed by atoms with Crippen LogP contribution in [0.25, 0.3) is 0 Å². The van der Waals surface area contributed by atoms with Crippen LogP contribution in [0.4, 0.5) is 0 Å². The number of para-hydroxylation sites is 1. The number of unbranched alkanes of at least 4 members (excludes halogenated alkanes) is 2. The lowest BCUT2D eigenvalue weighted by Gasteiger charge is -2.21. The molecule has 2 atom stereocenters. The summed E-state index contributed by atoms with van der Waals surface area (Å²) < 4.78 is 5.70. The minimum atomic E-state index is 0.324. The molecule has 2 rings (SSSR count). The van der Waals surface area contributed by atoms with Gasteiger partial charge in [0.25, 0.3) is 0 Å². The van der Waals surface area contributed by atoms with E-state index in [0.717, 1.165) is 18.8 Å². The van der Waals surface area contributed by atoms with Gasteiger partial charge >= 0.3 is 0 Å². The molecule has 2 unspecified atom stereocenters. The summed E-state index contributed by atoms with van der Waals surface area (Å²) in [7, 11) is 0. The fraction of sp³-hybridized carbons (Fsp3) is 0.571. The van der Waals surface area contributed by atoms with Crippen molar-refractivity contribution >= 4 is 0 Å². The molecule has 1 aliphatic heterocycles. The van der Waals surface area contributed by atoms with E-state index in [4.69, 9.17) is 10.6 Å². The van der Waals surface area contributed by atoms with Gasteiger partial charge < -0.3 is 4.74 Å². The average molecular weight is 234 g/mol. The van der Waals surface area contributed by atoms with Crippen LogP contribution in [0.15, 0.2) is 24.3 Å². The molecule has 0 saturated carbocycles. The van der Waals surface area contributed by atoms with Crippen molar-refractivity contribution < 1.29 is 4.74 Å². The van der Waals surface area contributed by atoms with E-state index in [9.17, 15) is 0 Å². The molecule has 1 aromatic carbocycles. The maximum absolute atomic E-state index is 5.70. The third-order valence-corrected chi connectivity index (χ3v) is 3.56. The Bertz CT molecular complexity index is 354. The Balaban J connectivity index is 2.01. The Hall–Kier alpha value is -1.06. The van der Waals surface area contributed by atoms with Crippen molar-refractivity contribution in [1.29, 1.82) is 0 Å². The number of rotatable bonds is 6. The monoisotopic (exact) mass is 234 g/mol. The molecule has 0 spiro atoms. The molecule has 0 aliphatic carbocycles. The molecular weight excluding hydrogens is 212 g/mol. The van der Waals surface area contributed by atoms with Gasteiger partial charge in [0.1, 0.15) is 5.75 Å². The van der Waals surface area contributed by atoms with Gasteiger partial charge in [-0.2, -0.15) is 0 Å². The Labute approximate surface area is 103 Å². The molecule has 0 fully saturated rings. The van der Waals surface area contributed by atoms with Crippen molar-refractivity contribution in [2.24, 2.45) is 5.84 Å². The molecule has 0 aromatic heterocycles. The van der Waals surface area contributed by atoms with Crippen LogP contribution < -0.4 is 16.0 Å². The lowest BCUT2D eigenvalue weighted by Crippen LogP contribution is -2.40. The van der Waals surface area contributed by atoms with Crippen LogP contribution >= 0.6 is 0 Å². The van der Waals surface area contributed by atoms with Gasteiger partial charge in [0.15, 0.2) is 0 Å². The smallest absolute Gasteiger partial charge is 0.122 e.